The number of thiocarbonyl (C=S) groups is 1. The lowest BCUT2D eigenvalue weighted by Crippen LogP contribution is -2.49. The minimum atomic E-state index is 0.266. The predicted octanol–water partition coefficient (Wildman–Crippen LogP) is 4.51. The van der Waals surface area contributed by atoms with Gasteiger partial charge < -0.3 is 15.5 Å². The van der Waals surface area contributed by atoms with E-state index in [-0.39, 0.29) is 5.92 Å². The Hall–Kier alpha value is -1.33. The van der Waals surface area contributed by atoms with Crippen LogP contribution in [0.15, 0.2) is 18.2 Å². The molecule has 2 N–H and O–H groups in total. The molecule has 0 radical (unpaired) electrons. The van der Waals surface area contributed by atoms with Crippen LogP contribution in [-0.4, -0.2) is 35.1 Å². The van der Waals surface area contributed by atoms with E-state index in [2.05, 4.69) is 15.5 Å². The first-order chi connectivity index (χ1) is 12.5. The quantitative estimate of drug-likeness (QED) is 0.742. The van der Waals surface area contributed by atoms with Crippen LogP contribution in [0.3, 0.4) is 0 Å². The maximum absolute atomic E-state index is 12.6. The summed E-state index contributed by atoms with van der Waals surface area (Å²) in [5, 5.41) is 7.98. The summed E-state index contributed by atoms with van der Waals surface area (Å²) in [5.41, 5.74) is 1.92. The molecule has 2 aliphatic rings. The van der Waals surface area contributed by atoms with Gasteiger partial charge in [-0.25, -0.2) is 0 Å². The van der Waals surface area contributed by atoms with Gasteiger partial charge in [0.05, 0.1) is 0 Å². The zero-order chi connectivity index (χ0) is 18.5. The van der Waals surface area contributed by atoms with Crippen LogP contribution in [0.2, 0.25) is 5.02 Å². The first-order valence-corrected chi connectivity index (χ1v) is 10.4. The molecule has 1 saturated carbocycles. The lowest BCUT2D eigenvalue weighted by molar-refractivity contribution is -0.137. The summed E-state index contributed by atoms with van der Waals surface area (Å²) in [7, 11) is 0. The smallest absolute Gasteiger partial charge is 0.225 e. The van der Waals surface area contributed by atoms with Crippen LogP contribution in [0, 0.1) is 12.8 Å². The van der Waals surface area contributed by atoms with E-state index < -0.39 is 0 Å². The van der Waals surface area contributed by atoms with Crippen molar-refractivity contribution in [2.45, 2.75) is 57.9 Å². The van der Waals surface area contributed by atoms with Crippen molar-refractivity contribution in [1.82, 2.24) is 10.2 Å². The lowest BCUT2D eigenvalue weighted by atomic mass is 9.87. The number of rotatable bonds is 3. The van der Waals surface area contributed by atoms with Gasteiger partial charge in [0, 0.05) is 35.8 Å². The largest absolute Gasteiger partial charge is 0.360 e. The van der Waals surface area contributed by atoms with Gasteiger partial charge in [0.2, 0.25) is 5.91 Å². The Morgan fingerprint density at radius 1 is 1.15 bits per heavy atom. The van der Waals surface area contributed by atoms with E-state index in [4.69, 9.17) is 23.8 Å². The summed E-state index contributed by atoms with van der Waals surface area (Å²) in [5.74, 6) is 0.639. The van der Waals surface area contributed by atoms with Crippen LogP contribution in [0.4, 0.5) is 5.69 Å². The summed E-state index contributed by atoms with van der Waals surface area (Å²) < 4.78 is 0. The van der Waals surface area contributed by atoms with Crippen LogP contribution in [-0.2, 0) is 4.79 Å². The van der Waals surface area contributed by atoms with Crippen molar-refractivity contribution in [2.24, 2.45) is 5.92 Å². The third-order valence-electron chi connectivity index (χ3n) is 5.61. The minimum Gasteiger partial charge on any atom is -0.360 e. The third kappa shape index (κ3) is 4.89. The highest BCUT2D eigenvalue weighted by Gasteiger charge is 2.29. The van der Waals surface area contributed by atoms with Crippen molar-refractivity contribution in [1.29, 1.82) is 0 Å². The number of anilines is 1. The van der Waals surface area contributed by atoms with E-state index in [0.717, 1.165) is 55.0 Å². The van der Waals surface area contributed by atoms with Gasteiger partial charge in [-0.3, -0.25) is 4.79 Å². The van der Waals surface area contributed by atoms with Gasteiger partial charge >= 0.3 is 0 Å². The number of benzene rings is 1. The van der Waals surface area contributed by atoms with Gasteiger partial charge in [-0.15, -0.1) is 0 Å². The highest BCUT2D eigenvalue weighted by Crippen LogP contribution is 2.27. The van der Waals surface area contributed by atoms with E-state index in [1.807, 2.05) is 25.1 Å². The Morgan fingerprint density at radius 2 is 1.85 bits per heavy atom. The van der Waals surface area contributed by atoms with Gasteiger partial charge in [-0.2, -0.15) is 0 Å². The summed E-state index contributed by atoms with van der Waals surface area (Å²) in [6.07, 6.45) is 7.72. The number of hydrogen-bond acceptors (Lipinski definition) is 2. The maximum atomic E-state index is 12.6. The Morgan fingerprint density at radius 3 is 2.54 bits per heavy atom. The van der Waals surface area contributed by atoms with Crippen molar-refractivity contribution >= 4 is 40.5 Å². The number of nitrogens with one attached hydrogen (secondary N) is 2. The standard InChI is InChI=1S/C20H28ClN3OS/c1-14-17(21)8-5-9-18(14)23-20(26)22-16-10-12-24(13-11-16)19(25)15-6-3-2-4-7-15/h5,8-9,15-16H,2-4,6-7,10-13H2,1H3,(H2,22,23,26). The number of carbonyl (C=O) groups excluding carboxylic acids is 1. The van der Waals surface area contributed by atoms with Crippen LogP contribution < -0.4 is 10.6 Å². The predicted molar refractivity (Wildman–Crippen MR) is 112 cm³/mol. The van der Waals surface area contributed by atoms with Gasteiger partial charge in [-0.1, -0.05) is 36.9 Å². The van der Waals surface area contributed by atoms with Crippen LogP contribution in [0.1, 0.15) is 50.5 Å². The topological polar surface area (TPSA) is 44.4 Å². The highest BCUT2D eigenvalue weighted by molar-refractivity contribution is 7.80. The molecule has 1 heterocycles. The number of hydrogen-bond donors (Lipinski definition) is 2. The van der Waals surface area contributed by atoms with E-state index in [1.165, 1.54) is 19.3 Å². The molecule has 0 unspecified atom stereocenters. The molecular weight excluding hydrogens is 366 g/mol. The number of likely N-dealkylation sites (tertiary alicyclic amines) is 1. The van der Waals surface area contributed by atoms with Crippen molar-refractivity contribution < 1.29 is 4.79 Å². The number of piperidine rings is 1. The molecule has 0 spiro atoms. The molecule has 0 atom stereocenters. The van der Waals surface area contributed by atoms with Crippen molar-refractivity contribution in [2.75, 3.05) is 18.4 Å². The van der Waals surface area contributed by atoms with E-state index >= 15 is 0 Å². The molecule has 1 aromatic carbocycles. The van der Waals surface area contributed by atoms with Crippen LogP contribution in [0.25, 0.3) is 0 Å². The fourth-order valence-corrected chi connectivity index (χ4v) is 4.39. The number of carbonyl (C=O) groups is 1. The Balaban J connectivity index is 1.45. The fraction of sp³-hybridized carbons (Fsp3) is 0.600. The minimum absolute atomic E-state index is 0.266. The number of amides is 1. The molecule has 26 heavy (non-hydrogen) atoms. The first-order valence-electron chi connectivity index (χ1n) is 9.66. The second-order valence-corrected chi connectivity index (χ2v) is 8.26. The van der Waals surface area contributed by atoms with Crippen molar-refractivity contribution in [3.63, 3.8) is 0 Å². The zero-order valence-electron chi connectivity index (χ0n) is 15.4. The molecule has 3 rings (SSSR count). The number of halogens is 1. The summed E-state index contributed by atoms with van der Waals surface area (Å²) >= 11 is 11.6. The van der Waals surface area contributed by atoms with Gasteiger partial charge in [0.1, 0.15) is 0 Å². The molecule has 1 aliphatic heterocycles. The summed E-state index contributed by atoms with van der Waals surface area (Å²) in [6.45, 7) is 3.63. The van der Waals surface area contributed by atoms with Crippen LogP contribution >= 0.6 is 23.8 Å². The highest BCUT2D eigenvalue weighted by atomic mass is 35.5. The second kappa shape index (κ2) is 9.05. The average Bonchev–Trinajstić information content (AvgIpc) is 2.66. The van der Waals surface area contributed by atoms with Crippen molar-refractivity contribution in [3.8, 4) is 0 Å². The molecule has 2 fully saturated rings. The molecule has 1 amide bonds. The van der Waals surface area contributed by atoms with E-state index in [0.29, 0.717) is 17.1 Å². The zero-order valence-corrected chi connectivity index (χ0v) is 17.0. The SMILES string of the molecule is Cc1c(Cl)cccc1NC(=S)NC1CCN(C(=O)C2CCCCC2)CC1. The van der Waals surface area contributed by atoms with E-state index in [9.17, 15) is 4.79 Å². The van der Waals surface area contributed by atoms with Crippen LogP contribution in [0.5, 0.6) is 0 Å². The Labute approximate surface area is 166 Å². The maximum Gasteiger partial charge on any atom is 0.225 e. The fourth-order valence-electron chi connectivity index (χ4n) is 3.94. The van der Waals surface area contributed by atoms with Gasteiger partial charge in [0.25, 0.3) is 0 Å². The monoisotopic (exact) mass is 393 g/mol. The van der Waals surface area contributed by atoms with Crippen molar-refractivity contribution in [3.05, 3.63) is 28.8 Å². The van der Waals surface area contributed by atoms with Gasteiger partial charge in [-0.05, 0) is 62.5 Å². The Kier molecular flexibility index (Phi) is 6.76. The molecule has 1 aromatic rings. The molecule has 1 saturated heterocycles. The van der Waals surface area contributed by atoms with E-state index in [1.54, 1.807) is 0 Å². The molecule has 142 valence electrons. The third-order valence-corrected chi connectivity index (χ3v) is 6.24. The summed E-state index contributed by atoms with van der Waals surface area (Å²) in [6, 6.07) is 6.07. The molecule has 0 aromatic heterocycles. The average molecular weight is 394 g/mol. The molecule has 0 bridgehead atoms. The molecule has 4 nitrogen and oxygen atoms in total. The molecule has 6 heteroatoms. The van der Waals surface area contributed by atoms with Gasteiger partial charge in [0.15, 0.2) is 5.11 Å². The Bertz CT molecular complexity index is 652. The molecule has 1 aliphatic carbocycles. The first kappa shape index (κ1) is 19.4. The second-order valence-electron chi connectivity index (χ2n) is 7.45. The summed E-state index contributed by atoms with van der Waals surface area (Å²) in [4.78, 5) is 14.7. The number of nitrogens with zero attached hydrogens (tertiary/aromatic N) is 1. The molecular formula is C20H28ClN3OS. The lowest BCUT2D eigenvalue weighted by Gasteiger charge is -2.35. The normalized spacial score (nSPS) is 19.2.